The number of aliphatic imine (C=N–C) groups is 1. The first kappa shape index (κ1) is 23.0. The molecular formula is C24H40N4O2S. The van der Waals surface area contributed by atoms with Crippen LogP contribution >= 0.6 is 11.3 Å². The van der Waals surface area contributed by atoms with Crippen LogP contribution in [0.4, 0.5) is 0 Å². The molecule has 0 aliphatic carbocycles. The van der Waals surface area contributed by atoms with Gasteiger partial charge in [-0.1, -0.05) is 6.07 Å². The van der Waals surface area contributed by atoms with Gasteiger partial charge in [-0.05, 0) is 68.9 Å². The van der Waals surface area contributed by atoms with Gasteiger partial charge in [-0.3, -0.25) is 9.89 Å². The Morgan fingerprint density at radius 3 is 2.84 bits per heavy atom. The minimum atomic E-state index is 0.316. The van der Waals surface area contributed by atoms with Crippen molar-refractivity contribution < 1.29 is 9.47 Å². The molecule has 0 spiro atoms. The third-order valence-corrected chi connectivity index (χ3v) is 7.72. The van der Waals surface area contributed by atoms with E-state index < -0.39 is 0 Å². The zero-order valence-electron chi connectivity index (χ0n) is 19.1. The van der Waals surface area contributed by atoms with Crippen LogP contribution in [0.2, 0.25) is 0 Å². The molecule has 1 N–H and O–H groups in total. The highest BCUT2D eigenvalue weighted by Gasteiger charge is 2.25. The smallest absolute Gasteiger partial charge is 0.193 e. The zero-order chi connectivity index (χ0) is 21.3. The number of thiophene rings is 1. The Balaban J connectivity index is 1.15. The summed E-state index contributed by atoms with van der Waals surface area (Å²) in [6, 6.07) is 4.41. The first-order valence-corrected chi connectivity index (χ1v) is 13.1. The molecule has 3 aliphatic rings. The van der Waals surface area contributed by atoms with E-state index in [0.29, 0.717) is 18.1 Å². The average molecular weight is 449 g/mol. The van der Waals surface area contributed by atoms with Gasteiger partial charge in [-0.15, -0.1) is 11.3 Å². The number of nitrogens with zero attached hydrogens (tertiary/aromatic N) is 3. The van der Waals surface area contributed by atoms with Crippen molar-refractivity contribution in [3.8, 4) is 0 Å². The van der Waals surface area contributed by atoms with E-state index >= 15 is 0 Å². The molecule has 2 unspecified atom stereocenters. The number of ether oxygens (including phenoxy) is 2. The van der Waals surface area contributed by atoms with Crippen LogP contribution in [0.1, 0.15) is 49.8 Å². The van der Waals surface area contributed by atoms with Crippen molar-refractivity contribution in [2.45, 2.75) is 63.7 Å². The van der Waals surface area contributed by atoms with Crippen molar-refractivity contribution in [2.75, 3.05) is 53.0 Å². The fraction of sp³-hybridized carbons (Fsp3) is 0.792. The molecule has 3 aliphatic heterocycles. The third kappa shape index (κ3) is 7.17. The summed E-state index contributed by atoms with van der Waals surface area (Å²) in [7, 11) is 1.91. The largest absolute Gasteiger partial charge is 0.376 e. The summed E-state index contributed by atoms with van der Waals surface area (Å²) in [5.41, 5.74) is 0. The molecule has 174 valence electrons. The van der Waals surface area contributed by atoms with Crippen LogP contribution in [0, 0.1) is 5.92 Å². The molecule has 7 heteroatoms. The van der Waals surface area contributed by atoms with Gasteiger partial charge in [-0.2, -0.15) is 0 Å². The molecule has 3 fully saturated rings. The van der Waals surface area contributed by atoms with Gasteiger partial charge >= 0.3 is 0 Å². The molecular weight excluding hydrogens is 408 g/mol. The normalized spacial score (nSPS) is 26.9. The Bertz CT molecular complexity index is 655. The Morgan fingerprint density at radius 1 is 1.19 bits per heavy atom. The highest BCUT2D eigenvalue weighted by atomic mass is 32.1. The maximum atomic E-state index is 6.18. The van der Waals surface area contributed by atoms with Gasteiger partial charge < -0.3 is 19.7 Å². The van der Waals surface area contributed by atoms with Gasteiger partial charge in [0.05, 0.1) is 18.8 Å². The molecule has 1 aromatic heterocycles. The van der Waals surface area contributed by atoms with Gasteiger partial charge in [-0.25, -0.2) is 0 Å². The van der Waals surface area contributed by atoms with Gasteiger partial charge in [0.15, 0.2) is 5.96 Å². The Morgan fingerprint density at radius 2 is 2.10 bits per heavy atom. The van der Waals surface area contributed by atoms with E-state index in [2.05, 4.69) is 37.6 Å². The summed E-state index contributed by atoms with van der Waals surface area (Å²) >= 11 is 1.87. The number of hydrogen-bond acceptors (Lipinski definition) is 5. The minimum absolute atomic E-state index is 0.316. The summed E-state index contributed by atoms with van der Waals surface area (Å²) in [5.74, 6) is 1.76. The molecule has 2 atom stereocenters. The maximum absolute atomic E-state index is 6.18. The number of guanidine groups is 1. The second-order valence-corrected chi connectivity index (χ2v) is 10.3. The highest BCUT2D eigenvalue weighted by Crippen LogP contribution is 2.21. The van der Waals surface area contributed by atoms with Gasteiger partial charge in [0.1, 0.15) is 0 Å². The number of likely N-dealkylation sites (tertiary alicyclic amines) is 2. The molecule has 6 nitrogen and oxygen atoms in total. The third-order valence-electron chi connectivity index (χ3n) is 6.86. The fourth-order valence-corrected chi connectivity index (χ4v) is 5.82. The summed E-state index contributed by atoms with van der Waals surface area (Å²) in [6.45, 7) is 8.23. The van der Waals surface area contributed by atoms with Crippen molar-refractivity contribution in [1.82, 2.24) is 15.1 Å². The van der Waals surface area contributed by atoms with Crippen LogP contribution in [0.3, 0.4) is 0 Å². The van der Waals surface area contributed by atoms with Gasteiger partial charge in [0.2, 0.25) is 0 Å². The second-order valence-electron chi connectivity index (χ2n) is 9.26. The lowest BCUT2D eigenvalue weighted by atomic mass is 9.98. The lowest BCUT2D eigenvalue weighted by Gasteiger charge is -2.36. The minimum Gasteiger partial charge on any atom is -0.376 e. The molecule has 3 saturated heterocycles. The lowest BCUT2D eigenvalue weighted by molar-refractivity contribution is -0.0721. The SMILES string of the molecule is CN=C(NCC1CCCN(Cc2cccs2)C1)N1CCC(OCC2CCCCO2)CC1. The number of rotatable bonds is 7. The van der Waals surface area contributed by atoms with Gasteiger partial charge in [0.25, 0.3) is 0 Å². The highest BCUT2D eigenvalue weighted by molar-refractivity contribution is 7.09. The number of hydrogen-bond donors (Lipinski definition) is 1. The monoisotopic (exact) mass is 448 g/mol. The number of nitrogens with one attached hydrogen (secondary N) is 1. The van der Waals surface area contributed by atoms with E-state index in [0.717, 1.165) is 64.6 Å². The van der Waals surface area contributed by atoms with Crippen LogP contribution in [-0.4, -0.2) is 81.0 Å². The summed E-state index contributed by atoms with van der Waals surface area (Å²) in [5, 5.41) is 5.86. The Hall–Kier alpha value is -1.15. The molecule has 4 heterocycles. The first-order valence-electron chi connectivity index (χ1n) is 12.2. The van der Waals surface area contributed by atoms with E-state index in [1.807, 2.05) is 18.4 Å². The summed E-state index contributed by atoms with van der Waals surface area (Å²) in [6.07, 6.45) is 9.07. The van der Waals surface area contributed by atoms with Crippen molar-refractivity contribution in [3.63, 3.8) is 0 Å². The molecule has 0 radical (unpaired) electrons. The molecule has 1 aromatic rings. The molecule has 0 aromatic carbocycles. The maximum Gasteiger partial charge on any atom is 0.193 e. The van der Waals surface area contributed by atoms with Crippen LogP contribution in [0.15, 0.2) is 22.5 Å². The fourth-order valence-electron chi connectivity index (χ4n) is 5.07. The predicted octanol–water partition coefficient (Wildman–Crippen LogP) is 3.59. The van der Waals surface area contributed by atoms with Crippen LogP contribution < -0.4 is 5.32 Å². The van der Waals surface area contributed by atoms with E-state index in [1.165, 1.54) is 43.6 Å². The van der Waals surface area contributed by atoms with Crippen LogP contribution in [0.5, 0.6) is 0 Å². The molecule has 0 bridgehead atoms. The van der Waals surface area contributed by atoms with E-state index in [9.17, 15) is 0 Å². The van der Waals surface area contributed by atoms with Crippen molar-refractivity contribution in [3.05, 3.63) is 22.4 Å². The van der Waals surface area contributed by atoms with Crippen molar-refractivity contribution in [2.24, 2.45) is 10.9 Å². The van der Waals surface area contributed by atoms with Crippen molar-refractivity contribution >= 4 is 17.3 Å². The Labute approximate surface area is 192 Å². The lowest BCUT2D eigenvalue weighted by Crippen LogP contribution is -2.49. The van der Waals surface area contributed by atoms with E-state index in [4.69, 9.17) is 9.47 Å². The molecule has 0 amide bonds. The molecule has 4 rings (SSSR count). The Kier molecular flexibility index (Phi) is 9.05. The van der Waals surface area contributed by atoms with Crippen molar-refractivity contribution in [1.29, 1.82) is 0 Å². The first-order chi connectivity index (χ1) is 15.3. The second kappa shape index (κ2) is 12.2. The van der Waals surface area contributed by atoms with E-state index in [1.54, 1.807) is 0 Å². The van der Waals surface area contributed by atoms with Crippen LogP contribution in [-0.2, 0) is 16.0 Å². The van der Waals surface area contributed by atoms with Crippen LogP contribution in [0.25, 0.3) is 0 Å². The summed E-state index contributed by atoms with van der Waals surface area (Å²) < 4.78 is 12.0. The topological polar surface area (TPSA) is 49.3 Å². The predicted molar refractivity (Wildman–Crippen MR) is 128 cm³/mol. The zero-order valence-corrected chi connectivity index (χ0v) is 20.0. The summed E-state index contributed by atoms with van der Waals surface area (Å²) in [4.78, 5) is 11.1. The molecule has 31 heavy (non-hydrogen) atoms. The number of piperidine rings is 2. The standard InChI is InChI=1S/C24H40N4O2S/c1-25-24(26-16-20-6-4-11-27(17-20)18-23-8-5-15-31-23)28-12-9-21(10-13-28)30-19-22-7-2-3-14-29-22/h5,8,15,20-22H,2-4,6-7,9-14,16-19H2,1H3,(H,25,26). The van der Waals surface area contributed by atoms with E-state index in [-0.39, 0.29) is 0 Å². The average Bonchev–Trinajstić information content (AvgIpc) is 3.33. The molecule has 0 saturated carbocycles. The van der Waals surface area contributed by atoms with Gasteiger partial charge in [0, 0.05) is 51.3 Å². The quantitative estimate of drug-likeness (QED) is 0.510.